The van der Waals surface area contributed by atoms with Crippen molar-refractivity contribution in [2.24, 2.45) is 17.3 Å². The van der Waals surface area contributed by atoms with Crippen molar-refractivity contribution in [2.75, 3.05) is 39.6 Å². The fraction of sp³-hybridized carbons (Fsp3) is 0.731. The molecule has 0 aromatic carbocycles. The first kappa shape index (κ1) is 31.7. The number of ether oxygens (including phenoxy) is 5. The van der Waals surface area contributed by atoms with Gasteiger partial charge in [0.25, 0.3) is 0 Å². The minimum Gasteiger partial charge on any atom is -0.463 e. The van der Waals surface area contributed by atoms with Crippen LogP contribution >= 0.6 is 31.9 Å². The molecule has 3 aliphatic rings. The van der Waals surface area contributed by atoms with Gasteiger partial charge in [0.05, 0.1) is 43.8 Å². The molecule has 2 unspecified atom stereocenters. The van der Waals surface area contributed by atoms with Gasteiger partial charge in [-0.2, -0.15) is 0 Å². The Balaban J connectivity index is 1.46. The van der Waals surface area contributed by atoms with Crippen molar-refractivity contribution in [3.05, 3.63) is 12.2 Å². The number of carbonyl (C=O) groups is 5. The van der Waals surface area contributed by atoms with E-state index in [2.05, 4.69) is 31.9 Å². The highest BCUT2D eigenvalue weighted by Crippen LogP contribution is 2.44. The maximum absolute atomic E-state index is 12.9. The van der Waals surface area contributed by atoms with E-state index in [0.717, 1.165) is 0 Å². The van der Waals surface area contributed by atoms with E-state index >= 15 is 0 Å². The Bertz CT molecular complexity index is 985. The van der Waals surface area contributed by atoms with Gasteiger partial charge in [0.2, 0.25) is 11.8 Å². The van der Waals surface area contributed by atoms with Crippen LogP contribution in [0.1, 0.15) is 41.0 Å². The van der Waals surface area contributed by atoms with E-state index in [4.69, 9.17) is 23.7 Å². The molecule has 0 aromatic heterocycles. The molecule has 2 fully saturated rings. The number of alkyl halides is 2. The summed E-state index contributed by atoms with van der Waals surface area (Å²) < 4.78 is 25.2. The zero-order chi connectivity index (χ0) is 29.2. The van der Waals surface area contributed by atoms with Crippen LogP contribution in [0.2, 0.25) is 0 Å². The predicted octanol–water partition coefficient (Wildman–Crippen LogP) is 2.31. The van der Waals surface area contributed by atoms with Gasteiger partial charge in [0.1, 0.15) is 33.9 Å². The number of amides is 2. The first-order valence-electron chi connectivity index (χ1n) is 12.7. The molecule has 0 N–H and O–H groups in total. The second-order valence-electron chi connectivity index (χ2n) is 11.1. The number of likely N-dealkylation sites (tertiary alicyclic amines) is 1. The Morgan fingerprint density at radius 1 is 0.872 bits per heavy atom. The largest absolute Gasteiger partial charge is 0.463 e. The monoisotopic (exact) mass is 679 g/mol. The van der Waals surface area contributed by atoms with E-state index in [0.29, 0.717) is 6.42 Å². The number of carbonyl (C=O) groups excluding carboxylic acids is 5. The van der Waals surface area contributed by atoms with E-state index in [1.54, 1.807) is 27.7 Å². The van der Waals surface area contributed by atoms with E-state index in [-0.39, 0.29) is 63.6 Å². The van der Waals surface area contributed by atoms with Gasteiger partial charge in [-0.25, -0.2) is 0 Å². The second-order valence-corrected chi connectivity index (χ2v) is 15.1. The van der Waals surface area contributed by atoms with Crippen molar-refractivity contribution >= 4 is 61.6 Å². The highest BCUT2D eigenvalue weighted by Gasteiger charge is 2.59. The van der Waals surface area contributed by atoms with Crippen molar-refractivity contribution in [3.63, 3.8) is 0 Å². The summed E-state index contributed by atoms with van der Waals surface area (Å²) in [4.78, 5) is 64.2. The van der Waals surface area contributed by atoms with Gasteiger partial charge in [0.15, 0.2) is 0 Å². The number of fused-ring (bicyclic) bond motifs is 5. The Kier molecular flexibility index (Phi) is 10.0. The molecule has 0 spiro atoms. The molecule has 4 atom stereocenters. The third-order valence-electron chi connectivity index (χ3n) is 6.70. The maximum Gasteiger partial charge on any atom is 0.322 e. The van der Waals surface area contributed by atoms with Crippen LogP contribution in [-0.2, 0) is 47.7 Å². The molecule has 39 heavy (non-hydrogen) atoms. The van der Waals surface area contributed by atoms with Crippen LogP contribution in [0.15, 0.2) is 12.2 Å². The lowest BCUT2D eigenvalue weighted by molar-refractivity contribution is -0.172. The van der Waals surface area contributed by atoms with Crippen LogP contribution in [0, 0.1) is 17.3 Å². The highest BCUT2D eigenvalue weighted by molar-refractivity contribution is 9.10. The SMILES string of the molecule is CC(C)(Br)C(=O)OCC(C)(COC(=O)C(C)(C)Br)C(=O)OCCOCCN1C(=O)[C@@H]2C3C=CCC(O3)[C@@H]2C1=O. The molecule has 0 aliphatic carbocycles. The molecule has 11 nitrogen and oxygen atoms in total. The number of hydrogen-bond acceptors (Lipinski definition) is 10. The van der Waals surface area contributed by atoms with Gasteiger partial charge in [-0.1, -0.05) is 44.0 Å². The zero-order valence-corrected chi connectivity index (χ0v) is 25.9. The molecule has 2 amide bonds. The Labute approximate surface area is 244 Å². The molecule has 3 heterocycles. The molecule has 0 radical (unpaired) electrons. The Hall–Kier alpha value is -1.83. The topological polar surface area (TPSA) is 135 Å². The van der Waals surface area contributed by atoms with Gasteiger partial charge in [-0.3, -0.25) is 28.9 Å². The lowest BCUT2D eigenvalue weighted by Gasteiger charge is -2.28. The highest BCUT2D eigenvalue weighted by atomic mass is 79.9. The smallest absolute Gasteiger partial charge is 0.322 e. The molecular formula is C26H35Br2NO10. The van der Waals surface area contributed by atoms with Gasteiger partial charge in [-0.15, -0.1) is 0 Å². The molecule has 0 saturated carbocycles. The quantitative estimate of drug-likeness (QED) is 0.0712. The summed E-state index contributed by atoms with van der Waals surface area (Å²) in [6.45, 7) is 7.15. The molecule has 3 rings (SSSR count). The number of halogens is 2. The summed E-state index contributed by atoms with van der Waals surface area (Å²) >= 11 is 6.41. The Morgan fingerprint density at radius 2 is 1.44 bits per heavy atom. The lowest BCUT2D eigenvalue weighted by atomic mass is 9.90. The minimum absolute atomic E-state index is 0.00440. The van der Waals surface area contributed by atoms with Crippen LogP contribution in [-0.4, -0.2) is 95.1 Å². The number of imide groups is 1. The van der Waals surface area contributed by atoms with Crippen LogP contribution in [0.3, 0.4) is 0 Å². The Morgan fingerprint density at radius 3 is 2.00 bits per heavy atom. The van der Waals surface area contributed by atoms with Crippen LogP contribution in [0.25, 0.3) is 0 Å². The van der Waals surface area contributed by atoms with E-state index < -0.39 is 43.8 Å². The van der Waals surface area contributed by atoms with Crippen molar-refractivity contribution in [2.45, 2.75) is 61.9 Å². The number of nitrogens with zero attached hydrogens (tertiary/aromatic N) is 1. The summed E-state index contributed by atoms with van der Waals surface area (Å²) in [6.07, 6.45) is 3.80. The summed E-state index contributed by atoms with van der Waals surface area (Å²) in [5, 5.41) is 0. The fourth-order valence-corrected chi connectivity index (χ4v) is 4.62. The second kappa shape index (κ2) is 12.4. The molecule has 218 valence electrons. The average Bonchev–Trinajstić information content (AvgIpc) is 3.26. The van der Waals surface area contributed by atoms with Crippen LogP contribution in [0.4, 0.5) is 0 Å². The van der Waals surface area contributed by atoms with Gasteiger partial charge >= 0.3 is 17.9 Å². The van der Waals surface area contributed by atoms with Crippen molar-refractivity contribution in [3.8, 4) is 0 Å². The van der Waals surface area contributed by atoms with Gasteiger partial charge < -0.3 is 23.7 Å². The molecule has 0 aromatic rings. The van der Waals surface area contributed by atoms with Crippen LogP contribution in [0.5, 0.6) is 0 Å². The van der Waals surface area contributed by atoms with Gasteiger partial charge in [0, 0.05) is 0 Å². The molecular weight excluding hydrogens is 646 g/mol. The molecule has 13 heteroatoms. The number of hydrogen-bond donors (Lipinski definition) is 0. The third kappa shape index (κ3) is 7.47. The summed E-state index contributed by atoms with van der Waals surface area (Å²) in [5.74, 6) is -3.37. The number of esters is 3. The molecule has 2 bridgehead atoms. The standard InChI is InChI=1S/C26H35Br2NO10/c1-24(2,27)21(32)37-13-26(5,14-38-22(33)25(3,4)28)23(34)36-12-11-35-10-9-29-19(30)17-15-7-6-8-16(39-15)18(17)20(29)31/h6-7,15-18H,8-14H2,1-5H3/t15?,16?,17-,18+/m1/s1. The molecule has 3 aliphatic heterocycles. The third-order valence-corrected chi connectivity index (χ3v) is 7.34. The minimum atomic E-state index is -1.47. The van der Waals surface area contributed by atoms with Gasteiger partial charge in [-0.05, 0) is 41.0 Å². The lowest BCUT2D eigenvalue weighted by Crippen LogP contribution is -2.43. The first-order valence-corrected chi connectivity index (χ1v) is 14.3. The van der Waals surface area contributed by atoms with Crippen molar-refractivity contribution in [1.82, 2.24) is 4.90 Å². The fourth-order valence-electron chi connectivity index (χ4n) is 4.39. The first-order chi connectivity index (χ1) is 18.1. The normalized spacial score (nSPS) is 24.5. The maximum atomic E-state index is 12.9. The average molecular weight is 681 g/mol. The zero-order valence-electron chi connectivity index (χ0n) is 22.7. The summed E-state index contributed by atoms with van der Waals surface area (Å²) in [6, 6.07) is 0. The van der Waals surface area contributed by atoms with E-state index in [9.17, 15) is 24.0 Å². The van der Waals surface area contributed by atoms with Crippen molar-refractivity contribution < 1.29 is 47.7 Å². The number of rotatable bonds is 13. The summed E-state index contributed by atoms with van der Waals surface area (Å²) in [7, 11) is 0. The summed E-state index contributed by atoms with van der Waals surface area (Å²) in [5.41, 5.74) is -1.47. The van der Waals surface area contributed by atoms with Crippen LogP contribution < -0.4 is 0 Å². The van der Waals surface area contributed by atoms with E-state index in [1.807, 2.05) is 12.2 Å². The molecule has 2 saturated heterocycles. The predicted molar refractivity (Wildman–Crippen MR) is 144 cm³/mol. The van der Waals surface area contributed by atoms with Crippen molar-refractivity contribution in [1.29, 1.82) is 0 Å². The van der Waals surface area contributed by atoms with E-state index in [1.165, 1.54) is 11.8 Å².